The third-order valence-electron chi connectivity index (χ3n) is 3.22. The first-order valence-corrected chi connectivity index (χ1v) is 5.56. The molecule has 0 radical (unpaired) electrons. The van der Waals surface area contributed by atoms with Crippen molar-refractivity contribution in [1.82, 2.24) is 5.06 Å². The van der Waals surface area contributed by atoms with Gasteiger partial charge in [0.05, 0.1) is 18.1 Å². The van der Waals surface area contributed by atoms with E-state index in [1.165, 1.54) is 0 Å². The molecule has 3 aliphatic heterocycles. The summed E-state index contributed by atoms with van der Waals surface area (Å²) in [5, 5.41) is 0.581. The van der Waals surface area contributed by atoms with Crippen LogP contribution in [0.15, 0.2) is 12.2 Å². The molecule has 6 heteroatoms. The van der Waals surface area contributed by atoms with E-state index in [-0.39, 0.29) is 25.0 Å². The molecule has 3 aliphatic rings. The van der Waals surface area contributed by atoms with Crippen molar-refractivity contribution in [2.75, 3.05) is 0 Å². The van der Waals surface area contributed by atoms with Crippen molar-refractivity contribution < 1.29 is 24.0 Å². The van der Waals surface area contributed by atoms with Crippen molar-refractivity contribution in [1.29, 1.82) is 0 Å². The first kappa shape index (κ1) is 10.5. The lowest BCUT2D eigenvalue weighted by molar-refractivity contribution is -0.201. The molecule has 2 bridgehead atoms. The number of hydroxylamine groups is 2. The first-order valence-electron chi connectivity index (χ1n) is 5.56. The van der Waals surface area contributed by atoms with Crippen LogP contribution < -0.4 is 0 Å². The summed E-state index contributed by atoms with van der Waals surface area (Å²) in [4.78, 5) is 39.2. The van der Waals surface area contributed by atoms with Crippen LogP contribution in [-0.4, -0.2) is 35.1 Å². The highest BCUT2D eigenvalue weighted by Crippen LogP contribution is 2.34. The number of nitrogens with zero attached hydrogens (tertiary/aromatic N) is 1. The SMILES string of the molecule is O=C(ON1C(=O)CCC1=O)[C@@H]1C[C@H]2C=C[C@@H]1O2. The minimum Gasteiger partial charge on any atom is -0.366 e. The van der Waals surface area contributed by atoms with Gasteiger partial charge in [-0.3, -0.25) is 9.59 Å². The maximum absolute atomic E-state index is 11.8. The lowest BCUT2D eigenvalue weighted by Gasteiger charge is -2.18. The zero-order chi connectivity index (χ0) is 12.0. The second-order valence-electron chi connectivity index (χ2n) is 4.36. The molecule has 0 aromatic carbocycles. The Morgan fingerprint density at radius 1 is 1.29 bits per heavy atom. The molecular weight excluding hydrogens is 226 g/mol. The zero-order valence-electron chi connectivity index (χ0n) is 9.00. The van der Waals surface area contributed by atoms with Crippen LogP contribution in [0, 0.1) is 5.92 Å². The summed E-state index contributed by atoms with van der Waals surface area (Å²) >= 11 is 0. The van der Waals surface area contributed by atoms with Gasteiger partial charge in [0, 0.05) is 12.8 Å². The van der Waals surface area contributed by atoms with Crippen LogP contribution in [0.4, 0.5) is 0 Å². The van der Waals surface area contributed by atoms with E-state index >= 15 is 0 Å². The molecule has 2 amide bonds. The fraction of sp³-hybridized carbons (Fsp3) is 0.545. The Bertz CT molecular complexity index is 414. The average Bonchev–Trinajstić information content (AvgIpc) is 2.99. The third kappa shape index (κ3) is 1.64. The molecular formula is C11H11NO5. The van der Waals surface area contributed by atoms with Gasteiger partial charge < -0.3 is 9.57 Å². The number of hydrogen-bond donors (Lipinski definition) is 0. The molecule has 0 aliphatic carbocycles. The molecule has 0 aromatic heterocycles. The van der Waals surface area contributed by atoms with Crippen molar-refractivity contribution >= 4 is 17.8 Å². The molecule has 3 rings (SSSR count). The monoisotopic (exact) mass is 237 g/mol. The van der Waals surface area contributed by atoms with Crippen LogP contribution >= 0.6 is 0 Å². The lowest BCUT2D eigenvalue weighted by Crippen LogP contribution is -2.36. The van der Waals surface area contributed by atoms with Crippen molar-refractivity contribution in [3.05, 3.63) is 12.2 Å². The summed E-state index contributed by atoms with van der Waals surface area (Å²) in [7, 11) is 0. The number of rotatable bonds is 2. The Balaban J connectivity index is 1.66. The summed E-state index contributed by atoms with van der Waals surface area (Å²) in [5.41, 5.74) is 0. The van der Waals surface area contributed by atoms with E-state index in [0.717, 1.165) is 0 Å². The molecule has 0 N–H and O–H groups in total. The van der Waals surface area contributed by atoms with Gasteiger partial charge in [-0.25, -0.2) is 4.79 Å². The predicted molar refractivity (Wildman–Crippen MR) is 53.1 cm³/mol. The Labute approximate surface area is 97.1 Å². The maximum Gasteiger partial charge on any atom is 0.339 e. The van der Waals surface area contributed by atoms with Crippen molar-refractivity contribution in [2.45, 2.75) is 31.5 Å². The minimum absolute atomic E-state index is 0.0393. The average molecular weight is 237 g/mol. The van der Waals surface area contributed by atoms with Crippen LogP contribution in [0.25, 0.3) is 0 Å². The van der Waals surface area contributed by atoms with E-state index < -0.39 is 23.7 Å². The highest BCUT2D eigenvalue weighted by Gasteiger charge is 2.44. The molecule has 2 fully saturated rings. The van der Waals surface area contributed by atoms with Gasteiger partial charge in [0.1, 0.15) is 0 Å². The summed E-state index contributed by atoms with van der Waals surface area (Å²) < 4.78 is 5.42. The van der Waals surface area contributed by atoms with E-state index in [1.54, 1.807) is 0 Å². The number of carbonyl (C=O) groups excluding carboxylic acids is 3. The number of carbonyl (C=O) groups is 3. The smallest absolute Gasteiger partial charge is 0.339 e. The third-order valence-corrected chi connectivity index (χ3v) is 3.22. The number of ether oxygens (including phenoxy) is 1. The van der Waals surface area contributed by atoms with Gasteiger partial charge in [-0.1, -0.05) is 12.2 Å². The summed E-state index contributed by atoms with van der Waals surface area (Å²) in [5.74, 6) is -1.89. The van der Waals surface area contributed by atoms with Gasteiger partial charge in [0.2, 0.25) is 0 Å². The van der Waals surface area contributed by atoms with Crippen LogP contribution in [0.5, 0.6) is 0 Å². The molecule has 0 aromatic rings. The molecule has 90 valence electrons. The van der Waals surface area contributed by atoms with Crippen molar-refractivity contribution in [3.8, 4) is 0 Å². The lowest BCUT2D eigenvalue weighted by atomic mass is 9.95. The molecule has 17 heavy (non-hydrogen) atoms. The Morgan fingerprint density at radius 2 is 2.00 bits per heavy atom. The molecule has 3 atom stereocenters. The van der Waals surface area contributed by atoms with Gasteiger partial charge in [-0.2, -0.15) is 0 Å². The Morgan fingerprint density at radius 3 is 2.53 bits per heavy atom. The molecule has 0 unspecified atom stereocenters. The van der Waals surface area contributed by atoms with Crippen LogP contribution in [0.3, 0.4) is 0 Å². The normalized spacial score (nSPS) is 34.8. The van der Waals surface area contributed by atoms with Crippen LogP contribution in [0.1, 0.15) is 19.3 Å². The van der Waals surface area contributed by atoms with E-state index in [1.807, 2.05) is 12.2 Å². The Kier molecular flexibility index (Phi) is 2.25. The molecule has 0 spiro atoms. The van der Waals surface area contributed by atoms with Gasteiger partial charge in [-0.15, -0.1) is 5.06 Å². The number of amides is 2. The van der Waals surface area contributed by atoms with Gasteiger partial charge in [-0.05, 0) is 6.42 Å². The highest BCUT2D eigenvalue weighted by molar-refractivity contribution is 6.01. The standard InChI is InChI=1S/C11H11NO5/c13-9-3-4-10(14)12(9)17-11(15)7-5-6-1-2-8(7)16-6/h1-2,6-8H,3-5H2/t6-,7-,8+/m1/s1. The van der Waals surface area contributed by atoms with E-state index in [0.29, 0.717) is 11.5 Å². The van der Waals surface area contributed by atoms with Crippen molar-refractivity contribution in [2.24, 2.45) is 5.92 Å². The number of hydrogen-bond acceptors (Lipinski definition) is 5. The van der Waals surface area contributed by atoms with E-state index in [2.05, 4.69) is 0 Å². The molecule has 3 heterocycles. The zero-order valence-corrected chi connectivity index (χ0v) is 9.00. The van der Waals surface area contributed by atoms with E-state index in [9.17, 15) is 14.4 Å². The van der Waals surface area contributed by atoms with Crippen LogP contribution in [0.2, 0.25) is 0 Å². The fourth-order valence-corrected chi connectivity index (χ4v) is 2.32. The fourth-order valence-electron chi connectivity index (χ4n) is 2.32. The summed E-state index contributed by atoms with van der Waals surface area (Å²) in [6.07, 6.45) is 4.17. The topological polar surface area (TPSA) is 72.9 Å². The summed E-state index contributed by atoms with van der Waals surface area (Å²) in [6, 6.07) is 0. The second kappa shape index (κ2) is 3.66. The number of fused-ring (bicyclic) bond motifs is 2. The first-order chi connectivity index (χ1) is 8.15. The minimum atomic E-state index is -0.564. The largest absolute Gasteiger partial charge is 0.366 e. The summed E-state index contributed by atoms with van der Waals surface area (Å²) in [6.45, 7) is 0. The predicted octanol–water partition coefficient (Wildman–Crippen LogP) is -0.0629. The quantitative estimate of drug-likeness (QED) is 0.497. The molecule has 2 saturated heterocycles. The number of imide groups is 1. The molecule has 6 nitrogen and oxygen atoms in total. The highest BCUT2D eigenvalue weighted by atomic mass is 16.7. The van der Waals surface area contributed by atoms with Crippen molar-refractivity contribution in [3.63, 3.8) is 0 Å². The van der Waals surface area contributed by atoms with Gasteiger partial charge >= 0.3 is 5.97 Å². The van der Waals surface area contributed by atoms with Gasteiger partial charge in [0.15, 0.2) is 0 Å². The van der Waals surface area contributed by atoms with Gasteiger partial charge in [0.25, 0.3) is 11.8 Å². The maximum atomic E-state index is 11.8. The van der Waals surface area contributed by atoms with E-state index in [4.69, 9.17) is 9.57 Å². The molecule has 0 saturated carbocycles. The second-order valence-corrected chi connectivity index (χ2v) is 4.36. The van der Waals surface area contributed by atoms with Crippen LogP contribution in [-0.2, 0) is 24.0 Å². The Hall–Kier alpha value is -1.69.